The predicted molar refractivity (Wildman–Crippen MR) is 81.5 cm³/mol. The van der Waals surface area contributed by atoms with Crippen molar-refractivity contribution >= 4 is 5.69 Å². The number of nitrogens with two attached hydrogens (primary N) is 1. The van der Waals surface area contributed by atoms with Gasteiger partial charge in [-0.2, -0.15) is 4.98 Å². The van der Waals surface area contributed by atoms with E-state index in [2.05, 4.69) is 15.3 Å². The first kappa shape index (κ1) is 14.5. The van der Waals surface area contributed by atoms with Crippen LogP contribution in [-0.2, 0) is 0 Å². The van der Waals surface area contributed by atoms with Crippen molar-refractivity contribution in [2.75, 3.05) is 0 Å². The van der Waals surface area contributed by atoms with Gasteiger partial charge in [0.1, 0.15) is 0 Å². The van der Waals surface area contributed by atoms with Crippen LogP contribution in [0, 0.1) is 16.0 Å². The van der Waals surface area contributed by atoms with Gasteiger partial charge >= 0.3 is 0 Å². The second-order valence-electron chi connectivity index (χ2n) is 5.67. The molecular formula is C15H13N5O4. The zero-order chi connectivity index (χ0) is 16.7. The zero-order valence-corrected chi connectivity index (χ0v) is 12.5. The molecule has 2 aromatic heterocycles. The van der Waals surface area contributed by atoms with Crippen molar-refractivity contribution in [2.45, 2.75) is 18.9 Å². The summed E-state index contributed by atoms with van der Waals surface area (Å²) in [6.07, 6.45) is 2.13. The van der Waals surface area contributed by atoms with Gasteiger partial charge in [-0.05, 0) is 24.8 Å². The van der Waals surface area contributed by atoms with Crippen LogP contribution in [-0.4, -0.2) is 20.2 Å². The molecule has 4 rings (SSSR count). The normalized spacial score (nSPS) is 15.4. The summed E-state index contributed by atoms with van der Waals surface area (Å²) < 4.78 is 10.4. The number of hydrogen-bond donors (Lipinski definition) is 1. The summed E-state index contributed by atoms with van der Waals surface area (Å²) in [7, 11) is 0. The highest BCUT2D eigenvalue weighted by molar-refractivity contribution is 5.71. The maximum Gasteiger partial charge on any atom is 0.280 e. The van der Waals surface area contributed by atoms with Gasteiger partial charge in [0.15, 0.2) is 17.3 Å². The molecule has 3 aromatic rings. The molecule has 2 heterocycles. The second-order valence-corrected chi connectivity index (χ2v) is 5.67. The van der Waals surface area contributed by atoms with E-state index in [0.717, 1.165) is 12.8 Å². The average molecular weight is 327 g/mol. The quantitative estimate of drug-likeness (QED) is 0.558. The van der Waals surface area contributed by atoms with E-state index >= 15 is 0 Å². The summed E-state index contributed by atoms with van der Waals surface area (Å²) in [6, 6.07) is 7.54. The van der Waals surface area contributed by atoms with E-state index in [1.807, 2.05) is 0 Å². The van der Waals surface area contributed by atoms with Crippen molar-refractivity contribution in [3.05, 3.63) is 46.3 Å². The summed E-state index contributed by atoms with van der Waals surface area (Å²) >= 11 is 0. The molecule has 1 aliphatic carbocycles. The van der Waals surface area contributed by atoms with Crippen LogP contribution in [0.4, 0.5) is 5.69 Å². The third-order valence-corrected chi connectivity index (χ3v) is 3.97. The SMILES string of the molecule is NC(c1noc(-c2cc(-c3ccccc3[N+](=O)[O-])on2)n1)C1CC1. The lowest BCUT2D eigenvalue weighted by atomic mass is 10.1. The molecule has 0 saturated heterocycles. The first-order chi connectivity index (χ1) is 11.6. The van der Waals surface area contributed by atoms with Crippen molar-refractivity contribution in [1.82, 2.24) is 15.3 Å². The van der Waals surface area contributed by atoms with Gasteiger partial charge in [0.2, 0.25) is 0 Å². The molecule has 0 radical (unpaired) electrons. The Hall–Kier alpha value is -3.07. The van der Waals surface area contributed by atoms with Crippen molar-refractivity contribution in [3.63, 3.8) is 0 Å². The number of aromatic nitrogens is 3. The Kier molecular flexibility index (Phi) is 3.35. The van der Waals surface area contributed by atoms with Crippen LogP contribution in [0.3, 0.4) is 0 Å². The van der Waals surface area contributed by atoms with Crippen LogP contribution in [0.25, 0.3) is 22.9 Å². The maximum atomic E-state index is 11.1. The fraction of sp³-hybridized carbons (Fsp3) is 0.267. The Morgan fingerprint density at radius 3 is 2.79 bits per heavy atom. The topological polar surface area (TPSA) is 134 Å². The Bertz CT molecular complexity index is 899. The highest BCUT2D eigenvalue weighted by atomic mass is 16.6. The third kappa shape index (κ3) is 2.54. The van der Waals surface area contributed by atoms with E-state index in [1.54, 1.807) is 18.2 Å². The molecule has 0 bridgehead atoms. The number of hydrogen-bond acceptors (Lipinski definition) is 8. The van der Waals surface area contributed by atoms with Gasteiger partial charge in [-0.15, -0.1) is 0 Å². The molecule has 2 N–H and O–H groups in total. The molecule has 0 amide bonds. The molecule has 1 aromatic carbocycles. The molecule has 122 valence electrons. The Morgan fingerprint density at radius 2 is 2.04 bits per heavy atom. The van der Waals surface area contributed by atoms with E-state index in [9.17, 15) is 10.1 Å². The Labute approximate surface area is 135 Å². The largest absolute Gasteiger partial charge is 0.355 e. The molecule has 1 aliphatic rings. The van der Waals surface area contributed by atoms with Gasteiger partial charge in [0.05, 0.1) is 16.5 Å². The summed E-state index contributed by atoms with van der Waals surface area (Å²) in [4.78, 5) is 14.9. The predicted octanol–water partition coefficient (Wildman–Crippen LogP) is 2.71. The lowest BCUT2D eigenvalue weighted by molar-refractivity contribution is -0.384. The van der Waals surface area contributed by atoms with Gasteiger partial charge in [0, 0.05) is 12.1 Å². The van der Waals surface area contributed by atoms with Crippen molar-refractivity contribution < 1.29 is 14.0 Å². The highest BCUT2D eigenvalue weighted by Crippen LogP contribution is 2.39. The van der Waals surface area contributed by atoms with Crippen molar-refractivity contribution in [1.29, 1.82) is 0 Å². The molecular weight excluding hydrogens is 314 g/mol. The van der Waals surface area contributed by atoms with E-state index in [4.69, 9.17) is 14.8 Å². The fourth-order valence-electron chi connectivity index (χ4n) is 2.48. The lowest BCUT2D eigenvalue weighted by Crippen LogP contribution is -2.13. The van der Waals surface area contributed by atoms with Gasteiger partial charge in [-0.3, -0.25) is 10.1 Å². The van der Waals surface area contributed by atoms with Crippen molar-refractivity contribution in [2.24, 2.45) is 11.7 Å². The first-order valence-corrected chi connectivity index (χ1v) is 7.43. The summed E-state index contributed by atoms with van der Waals surface area (Å²) in [5.41, 5.74) is 6.61. The molecule has 1 saturated carbocycles. The maximum absolute atomic E-state index is 11.1. The number of nitro groups is 1. The van der Waals surface area contributed by atoms with Crippen LogP contribution in [0.2, 0.25) is 0 Å². The highest BCUT2D eigenvalue weighted by Gasteiger charge is 2.33. The van der Waals surface area contributed by atoms with Crippen LogP contribution < -0.4 is 5.73 Å². The van der Waals surface area contributed by atoms with E-state index in [-0.39, 0.29) is 23.4 Å². The van der Waals surface area contributed by atoms with Gasteiger partial charge in [0.25, 0.3) is 11.6 Å². The number of benzene rings is 1. The van der Waals surface area contributed by atoms with Gasteiger partial charge in [-0.25, -0.2) is 0 Å². The van der Waals surface area contributed by atoms with Crippen LogP contribution in [0.5, 0.6) is 0 Å². The number of rotatable bonds is 5. The Morgan fingerprint density at radius 1 is 1.25 bits per heavy atom. The molecule has 24 heavy (non-hydrogen) atoms. The van der Waals surface area contributed by atoms with Crippen molar-refractivity contribution in [3.8, 4) is 22.9 Å². The number of nitro benzene ring substituents is 1. The standard InChI is InChI=1S/C15H13N5O4/c16-13(8-5-6-8)14-17-15(24-19-14)10-7-12(23-18-10)9-3-1-2-4-11(9)20(21)22/h1-4,7-8,13H,5-6,16H2. The molecule has 1 unspecified atom stereocenters. The second kappa shape index (κ2) is 5.53. The monoisotopic (exact) mass is 327 g/mol. The summed E-state index contributed by atoms with van der Waals surface area (Å²) in [6.45, 7) is 0. The average Bonchev–Trinajstić information content (AvgIpc) is 3.12. The first-order valence-electron chi connectivity index (χ1n) is 7.43. The van der Waals surface area contributed by atoms with Crippen LogP contribution >= 0.6 is 0 Å². The molecule has 0 spiro atoms. The van der Waals surface area contributed by atoms with E-state index < -0.39 is 4.92 Å². The fourth-order valence-corrected chi connectivity index (χ4v) is 2.48. The van der Waals surface area contributed by atoms with Crippen LogP contribution in [0.15, 0.2) is 39.4 Å². The molecule has 1 atom stereocenters. The number of nitrogens with zero attached hydrogens (tertiary/aromatic N) is 4. The minimum Gasteiger partial charge on any atom is -0.355 e. The summed E-state index contributed by atoms with van der Waals surface area (Å²) in [5, 5.41) is 18.9. The van der Waals surface area contributed by atoms with Crippen LogP contribution in [0.1, 0.15) is 24.7 Å². The molecule has 9 heteroatoms. The Balaban J connectivity index is 1.65. The minimum absolute atomic E-state index is 0.0674. The zero-order valence-electron chi connectivity index (χ0n) is 12.5. The van der Waals surface area contributed by atoms with Gasteiger partial charge in [-0.1, -0.05) is 22.4 Å². The van der Waals surface area contributed by atoms with E-state index in [1.165, 1.54) is 12.1 Å². The summed E-state index contributed by atoms with van der Waals surface area (Å²) in [5.74, 6) is 1.26. The van der Waals surface area contributed by atoms with E-state index in [0.29, 0.717) is 23.0 Å². The number of para-hydroxylation sites is 1. The molecule has 9 nitrogen and oxygen atoms in total. The molecule has 0 aliphatic heterocycles. The third-order valence-electron chi connectivity index (χ3n) is 3.97. The smallest absolute Gasteiger partial charge is 0.280 e. The van der Waals surface area contributed by atoms with Gasteiger partial charge < -0.3 is 14.8 Å². The molecule has 1 fully saturated rings. The minimum atomic E-state index is -0.475. The lowest BCUT2D eigenvalue weighted by Gasteiger charge is -2.01.